The van der Waals surface area contributed by atoms with Crippen LogP contribution in [0.2, 0.25) is 0 Å². The van der Waals surface area contributed by atoms with Crippen molar-refractivity contribution in [2.45, 2.75) is 63.7 Å². The van der Waals surface area contributed by atoms with Crippen LogP contribution in [0.5, 0.6) is 11.6 Å². The molecule has 2 heterocycles. The lowest BCUT2D eigenvalue weighted by atomic mass is 9.82. The highest BCUT2D eigenvalue weighted by Gasteiger charge is 2.41. The van der Waals surface area contributed by atoms with Crippen LogP contribution >= 0.6 is 0 Å². The molecule has 0 spiro atoms. The van der Waals surface area contributed by atoms with Crippen molar-refractivity contribution >= 4 is 5.82 Å². The predicted molar refractivity (Wildman–Crippen MR) is 128 cm³/mol. The predicted octanol–water partition coefficient (Wildman–Crippen LogP) is 5.34. The van der Waals surface area contributed by atoms with Crippen LogP contribution in [0.3, 0.4) is 0 Å². The number of anilines is 1. The summed E-state index contributed by atoms with van der Waals surface area (Å²) >= 11 is 0. The van der Waals surface area contributed by atoms with Crippen molar-refractivity contribution in [3.05, 3.63) is 42.5 Å². The van der Waals surface area contributed by atoms with Gasteiger partial charge in [0.25, 0.3) is 0 Å². The van der Waals surface area contributed by atoms with Gasteiger partial charge in [-0.15, -0.1) is 10.2 Å². The Bertz CT molecular complexity index is 1190. The van der Waals surface area contributed by atoms with Gasteiger partial charge in [-0.05, 0) is 61.8 Å². The first kappa shape index (κ1) is 23.4. The maximum Gasteiger partial charge on any atom is 0.250 e. The molecule has 0 amide bonds. The molecule has 3 aromatic rings. The van der Waals surface area contributed by atoms with Crippen LogP contribution in [0.1, 0.15) is 45.4 Å². The average Bonchev–Trinajstić information content (AvgIpc) is 3.71. The van der Waals surface area contributed by atoms with E-state index in [9.17, 15) is 13.9 Å². The summed E-state index contributed by atoms with van der Waals surface area (Å²) in [5, 5.41) is 19.3. The maximum absolute atomic E-state index is 14.9. The van der Waals surface area contributed by atoms with Gasteiger partial charge in [-0.2, -0.15) is 0 Å². The van der Waals surface area contributed by atoms with E-state index >= 15 is 0 Å². The smallest absolute Gasteiger partial charge is 0.250 e. The minimum atomic E-state index is -0.881. The van der Waals surface area contributed by atoms with E-state index in [1.54, 1.807) is 18.3 Å². The molecular formula is C26H29F2N5O2. The van der Waals surface area contributed by atoms with Crippen molar-refractivity contribution in [2.24, 2.45) is 5.92 Å². The van der Waals surface area contributed by atoms with Crippen molar-refractivity contribution in [3.63, 3.8) is 0 Å². The van der Waals surface area contributed by atoms with Crippen LogP contribution in [0.25, 0.3) is 22.5 Å². The summed E-state index contributed by atoms with van der Waals surface area (Å²) in [6.45, 7) is 2.16. The van der Waals surface area contributed by atoms with Crippen molar-refractivity contribution in [1.29, 1.82) is 0 Å². The first-order valence-electron chi connectivity index (χ1n) is 12.1. The second-order valence-electron chi connectivity index (χ2n) is 9.40. The number of aromatic hydroxyl groups is 1. The molecule has 35 heavy (non-hydrogen) atoms. The summed E-state index contributed by atoms with van der Waals surface area (Å²) in [6, 6.07) is 6.27. The normalized spacial score (nSPS) is 22.1. The number of hydrogen-bond donors (Lipinski definition) is 1. The summed E-state index contributed by atoms with van der Waals surface area (Å²) in [5.41, 5.74) is 1.49. The number of benzene rings is 1. The van der Waals surface area contributed by atoms with Gasteiger partial charge in [0.1, 0.15) is 11.9 Å². The highest BCUT2D eigenvalue weighted by atomic mass is 19.1. The topological polar surface area (TPSA) is 84.3 Å². The Morgan fingerprint density at radius 3 is 2.51 bits per heavy atom. The van der Waals surface area contributed by atoms with Gasteiger partial charge in [-0.3, -0.25) is 0 Å². The van der Waals surface area contributed by atoms with E-state index in [4.69, 9.17) is 4.74 Å². The lowest BCUT2D eigenvalue weighted by Gasteiger charge is -2.40. The van der Waals surface area contributed by atoms with Gasteiger partial charge in [-0.1, -0.05) is 19.4 Å². The largest absolute Gasteiger partial charge is 0.507 e. The fourth-order valence-corrected chi connectivity index (χ4v) is 4.98. The molecule has 0 unspecified atom stereocenters. The molecule has 2 aromatic heterocycles. The van der Waals surface area contributed by atoms with Gasteiger partial charge in [0.05, 0.1) is 24.9 Å². The minimum absolute atomic E-state index is 0.0609. The molecule has 0 saturated heterocycles. The van der Waals surface area contributed by atoms with Crippen LogP contribution in [-0.4, -0.2) is 50.6 Å². The standard InChI is InChI=1S/C26H29F2N5O2/c1-3-15-4-9-20(27)22(10-15)33(18-6-7-18)24-14-29-25(32-31-24)19-8-5-16(12-23(19)34)17-11-21(28)26(35-2)30-13-17/h5,8,11-15,18,20,22,34H,3-4,6-7,9-10H2,1-2H3/t15-,20+,22-/m1/s1. The highest BCUT2D eigenvalue weighted by Crippen LogP contribution is 2.40. The summed E-state index contributed by atoms with van der Waals surface area (Å²) in [4.78, 5) is 10.5. The number of methoxy groups -OCH3 is 1. The Hall–Kier alpha value is -3.36. The Morgan fingerprint density at radius 2 is 1.89 bits per heavy atom. The SMILES string of the molecule is CC[C@@H]1CC[C@H](F)[C@H](N(c2cnc(-c3ccc(-c4cnc(OC)c(F)c4)cc3O)nn2)C2CC2)C1. The molecule has 7 nitrogen and oxygen atoms in total. The fraction of sp³-hybridized carbons (Fsp3) is 0.462. The van der Waals surface area contributed by atoms with E-state index in [2.05, 4.69) is 32.0 Å². The molecule has 2 fully saturated rings. The van der Waals surface area contributed by atoms with E-state index in [1.807, 2.05) is 0 Å². The summed E-state index contributed by atoms with van der Waals surface area (Å²) in [5.74, 6) is 0.631. The van der Waals surface area contributed by atoms with Crippen LogP contribution < -0.4 is 9.64 Å². The van der Waals surface area contributed by atoms with Gasteiger partial charge >= 0.3 is 0 Å². The van der Waals surface area contributed by atoms with Gasteiger partial charge in [0, 0.05) is 17.8 Å². The van der Waals surface area contributed by atoms with Crippen LogP contribution in [-0.2, 0) is 0 Å². The molecule has 0 radical (unpaired) electrons. The van der Waals surface area contributed by atoms with Gasteiger partial charge in [-0.25, -0.2) is 18.7 Å². The minimum Gasteiger partial charge on any atom is -0.507 e. The number of hydrogen-bond acceptors (Lipinski definition) is 7. The van der Waals surface area contributed by atoms with Crippen molar-refractivity contribution in [3.8, 4) is 34.1 Å². The lowest BCUT2D eigenvalue weighted by molar-refractivity contribution is 0.166. The van der Waals surface area contributed by atoms with Crippen molar-refractivity contribution in [2.75, 3.05) is 12.0 Å². The quantitative estimate of drug-likeness (QED) is 0.488. The third-order valence-corrected chi connectivity index (χ3v) is 7.10. The third-order valence-electron chi connectivity index (χ3n) is 7.10. The first-order valence-corrected chi connectivity index (χ1v) is 12.1. The molecule has 2 aliphatic carbocycles. The number of alkyl halides is 1. The van der Waals surface area contributed by atoms with Gasteiger partial charge < -0.3 is 14.7 Å². The van der Waals surface area contributed by atoms with Crippen LogP contribution in [0.15, 0.2) is 36.7 Å². The van der Waals surface area contributed by atoms with E-state index in [1.165, 1.54) is 25.4 Å². The maximum atomic E-state index is 14.9. The van der Waals surface area contributed by atoms with E-state index < -0.39 is 12.0 Å². The monoisotopic (exact) mass is 481 g/mol. The number of halogens is 2. The fourth-order valence-electron chi connectivity index (χ4n) is 4.98. The second-order valence-corrected chi connectivity index (χ2v) is 9.40. The molecule has 2 saturated carbocycles. The van der Waals surface area contributed by atoms with Crippen LogP contribution in [0.4, 0.5) is 14.6 Å². The number of nitrogens with zero attached hydrogens (tertiary/aromatic N) is 5. The number of pyridine rings is 1. The summed E-state index contributed by atoms with van der Waals surface area (Å²) in [6.07, 6.45) is 7.65. The Kier molecular flexibility index (Phi) is 6.49. The van der Waals surface area contributed by atoms with Gasteiger partial charge in [0.15, 0.2) is 17.5 Å². The molecule has 3 atom stereocenters. The number of phenolic OH excluding ortho intramolecular Hbond substituents is 1. The highest BCUT2D eigenvalue weighted by molar-refractivity contribution is 5.72. The molecule has 9 heteroatoms. The van der Waals surface area contributed by atoms with Crippen LogP contribution in [0, 0.1) is 11.7 Å². The number of rotatable bonds is 7. The Labute approximate surface area is 203 Å². The molecule has 1 aromatic carbocycles. The van der Waals surface area contributed by atoms with Gasteiger partial charge in [0.2, 0.25) is 5.88 Å². The number of aromatic nitrogens is 4. The van der Waals surface area contributed by atoms with Crippen molar-refractivity contribution < 1.29 is 18.6 Å². The van der Waals surface area contributed by atoms with E-state index in [0.29, 0.717) is 34.8 Å². The Balaban J connectivity index is 1.38. The molecule has 5 rings (SSSR count). The molecule has 1 N–H and O–H groups in total. The number of phenols is 1. The third kappa shape index (κ3) is 4.76. The van der Waals surface area contributed by atoms with Crippen molar-refractivity contribution in [1.82, 2.24) is 20.2 Å². The molecule has 0 aliphatic heterocycles. The molecular weight excluding hydrogens is 452 g/mol. The number of ether oxygens (including phenoxy) is 1. The zero-order valence-corrected chi connectivity index (χ0v) is 19.9. The zero-order chi connectivity index (χ0) is 24.5. The van der Waals surface area contributed by atoms with E-state index in [0.717, 1.165) is 32.1 Å². The molecule has 0 bridgehead atoms. The summed E-state index contributed by atoms with van der Waals surface area (Å²) in [7, 11) is 1.35. The Morgan fingerprint density at radius 1 is 1.06 bits per heavy atom. The zero-order valence-electron chi connectivity index (χ0n) is 19.9. The first-order chi connectivity index (χ1) is 17.0. The van der Waals surface area contributed by atoms with E-state index in [-0.39, 0.29) is 29.5 Å². The average molecular weight is 482 g/mol. The lowest BCUT2D eigenvalue weighted by Crippen LogP contribution is -2.47. The summed E-state index contributed by atoms with van der Waals surface area (Å²) < 4.78 is 33.8. The molecule has 184 valence electrons. The second kappa shape index (κ2) is 9.71. The molecule has 2 aliphatic rings.